The summed E-state index contributed by atoms with van der Waals surface area (Å²) in [5.74, 6) is 0.163. The van der Waals surface area contributed by atoms with E-state index in [9.17, 15) is 9.59 Å². The first-order valence-electron chi connectivity index (χ1n) is 11.3. The van der Waals surface area contributed by atoms with Gasteiger partial charge in [0.1, 0.15) is 19.0 Å². The van der Waals surface area contributed by atoms with Crippen LogP contribution in [-0.2, 0) is 25.7 Å². The molecule has 1 fully saturated rings. The average Bonchev–Trinajstić information content (AvgIpc) is 3.17. The molecule has 0 aromatic heterocycles. The van der Waals surface area contributed by atoms with Crippen LogP contribution in [0.1, 0.15) is 37.4 Å². The molecular weight excluding hydrogens is 452 g/mol. The van der Waals surface area contributed by atoms with E-state index in [0.29, 0.717) is 41.8 Å². The number of amidine groups is 1. The minimum absolute atomic E-state index is 0.0460. The van der Waals surface area contributed by atoms with E-state index in [-0.39, 0.29) is 17.8 Å². The first-order valence-corrected chi connectivity index (χ1v) is 12.1. The molecule has 178 valence electrons. The van der Waals surface area contributed by atoms with Gasteiger partial charge in [0.25, 0.3) is 0 Å². The summed E-state index contributed by atoms with van der Waals surface area (Å²) in [6.45, 7) is 4.63. The number of allylic oxidation sites excluding steroid dienone is 1. The van der Waals surface area contributed by atoms with Gasteiger partial charge in [0.15, 0.2) is 5.17 Å². The van der Waals surface area contributed by atoms with Gasteiger partial charge in [0.2, 0.25) is 5.91 Å². The highest BCUT2D eigenvalue weighted by Crippen LogP contribution is 2.44. The van der Waals surface area contributed by atoms with Crippen LogP contribution in [0.2, 0.25) is 0 Å². The summed E-state index contributed by atoms with van der Waals surface area (Å²) in [4.78, 5) is 32.5. The van der Waals surface area contributed by atoms with Gasteiger partial charge in [-0.15, -0.1) is 0 Å². The highest BCUT2D eigenvalue weighted by atomic mass is 32.2. The molecule has 0 saturated carbocycles. The van der Waals surface area contributed by atoms with Crippen LogP contribution in [0.25, 0.3) is 0 Å². The lowest BCUT2D eigenvalue weighted by molar-refractivity contribution is -0.141. The van der Waals surface area contributed by atoms with Gasteiger partial charge < -0.3 is 14.2 Å². The number of thioether (sulfide) groups is 1. The predicted octanol–water partition coefficient (Wildman–Crippen LogP) is 4.49. The molecule has 0 spiro atoms. The number of hydrogen-bond donors (Lipinski definition) is 0. The zero-order valence-corrected chi connectivity index (χ0v) is 20.3. The van der Waals surface area contributed by atoms with Gasteiger partial charge in [-0.25, -0.2) is 9.79 Å². The van der Waals surface area contributed by atoms with Crippen molar-refractivity contribution in [2.24, 2.45) is 4.99 Å². The lowest BCUT2D eigenvalue weighted by Crippen LogP contribution is -2.40. The summed E-state index contributed by atoms with van der Waals surface area (Å²) in [5.41, 5.74) is 2.79. The van der Waals surface area contributed by atoms with Crippen molar-refractivity contribution in [3.63, 3.8) is 0 Å². The third-order valence-electron chi connectivity index (χ3n) is 5.71. The summed E-state index contributed by atoms with van der Waals surface area (Å²) in [5, 5.41) is 0.406. The van der Waals surface area contributed by atoms with Gasteiger partial charge in [-0.2, -0.15) is 0 Å². The number of carbonyl (C=O) groups excluding carboxylic acids is 2. The SMILES string of the molecule is CC[C@@H]1SC2=NC(C)=C(C(=O)OCCOC)[C@H](c3ccc(OCc4ccccc4)cc3)N2C1=O. The van der Waals surface area contributed by atoms with Crippen molar-refractivity contribution < 1.29 is 23.8 Å². The minimum Gasteiger partial charge on any atom is -0.489 e. The maximum Gasteiger partial charge on any atom is 0.338 e. The number of ether oxygens (including phenoxy) is 3. The second kappa shape index (κ2) is 10.9. The summed E-state index contributed by atoms with van der Waals surface area (Å²) in [6, 6.07) is 16.8. The number of esters is 1. The Bertz CT molecular complexity index is 1100. The van der Waals surface area contributed by atoms with E-state index < -0.39 is 12.0 Å². The van der Waals surface area contributed by atoms with Crippen LogP contribution in [0.5, 0.6) is 5.75 Å². The molecule has 1 amide bonds. The Balaban J connectivity index is 1.62. The summed E-state index contributed by atoms with van der Waals surface area (Å²) in [7, 11) is 1.55. The molecule has 0 aliphatic carbocycles. The molecular formula is C26H28N2O5S. The number of carbonyl (C=O) groups is 2. The molecule has 2 heterocycles. The molecule has 2 aliphatic heterocycles. The topological polar surface area (TPSA) is 77.4 Å². The number of amides is 1. The van der Waals surface area contributed by atoms with E-state index in [1.54, 1.807) is 18.9 Å². The molecule has 34 heavy (non-hydrogen) atoms. The monoisotopic (exact) mass is 480 g/mol. The third kappa shape index (κ3) is 5.03. The standard InChI is InChI=1S/C26H28N2O5S/c1-4-21-24(29)28-23(22(17(2)27-26(28)34-21)25(30)32-15-14-31-3)19-10-12-20(13-11-19)33-16-18-8-6-5-7-9-18/h5-13,21,23H,4,14-16H2,1-3H3/t21-,23-/m0/s1. The van der Waals surface area contributed by atoms with Crippen LogP contribution in [-0.4, -0.2) is 47.5 Å². The van der Waals surface area contributed by atoms with Crippen LogP contribution in [0.15, 0.2) is 70.9 Å². The molecule has 8 heteroatoms. The van der Waals surface area contributed by atoms with Crippen LogP contribution < -0.4 is 4.74 Å². The van der Waals surface area contributed by atoms with Crippen molar-refractivity contribution in [3.8, 4) is 5.75 Å². The maximum absolute atomic E-state index is 13.2. The van der Waals surface area contributed by atoms with Crippen molar-refractivity contribution >= 4 is 28.8 Å². The lowest BCUT2D eigenvalue weighted by atomic mass is 9.94. The molecule has 4 rings (SSSR count). The Morgan fingerprint density at radius 2 is 1.82 bits per heavy atom. The fraction of sp³-hybridized carbons (Fsp3) is 0.346. The molecule has 0 unspecified atom stereocenters. The number of hydrogen-bond acceptors (Lipinski definition) is 7. The Morgan fingerprint density at radius 3 is 2.50 bits per heavy atom. The normalized spacial score (nSPS) is 19.7. The molecule has 0 N–H and O–H groups in total. The Morgan fingerprint density at radius 1 is 1.09 bits per heavy atom. The van der Waals surface area contributed by atoms with E-state index in [4.69, 9.17) is 14.2 Å². The molecule has 0 bridgehead atoms. The van der Waals surface area contributed by atoms with Crippen molar-refractivity contribution in [2.75, 3.05) is 20.3 Å². The molecule has 2 aromatic carbocycles. The fourth-order valence-electron chi connectivity index (χ4n) is 3.95. The smallest absolute Gasteiger partial charge is 0.338 e. The quantitative estimate of drug-likeness (QED) is 0.389. The summed E-state index contributed by atoms with van der Waals surface area (Å²) in [6.07, 6.45) is 0.685. The number of methoxy groups -OCH3 is 1. The minimum atomic E-state index is -0.609. The van der Waals surface area contributed by atoms with Gasteiger partial charge in [0.05, 0.1) is 29.2 Å². The van der Waals surface area contributed by atoms with Gasteiger partial charge >= 0.3 is 5.97 Å². The average molecular weight is 481 g/mol. The van der Waals surface area contributed by atoms with E-state index >= 15 is 0 Å². The Hall–Kier alpha value is -3.10. The number of benzene rings is 2. The number of nitrogens with zero attached hydrogens (tertiary/aromatic N) is 2. The predicted molar refractivity (Wildman–Crippen MR) is 131 cm³/mol. The number of aliphatic imine (C=N–C) groups is 1. The first-order chi connectivity index (χ1) is 16.5. The van der Waals surface area contributed by atoms with Crippen molar-refractivity contribution in [1.29, 1.82) is 0 Å². The van der Waals surface area contributed by atoms with E-state index in [0.717, 1.165) is 11.1 Å². The summed E-state index contributed by atoms with van der Waals surface area (Å²) >= 11 is 1.44. The van der Waals surface area contributed by atoms with Crippen LogP contribution >= 0.6 is 11.8 Å². The van der Waals surface area contributed by atoms with Gasteiger partial charge in [0, 0.05) is 7.11 Å². The van der Waals surface area contributed by atoms with Crippen molar-refractivity contribution in [2.45, 2.75) is 38.2 Å². The first kappa shape index (κ1) is 24.0. The second-order valence-electron chi connectivity index (χ2n) is 7.99. The molecule has 1 saturated heterocycles. The molecule has 0 radical (unpaired) electrons. The van der Waals surface area contributed by atoms with Gasteiger partial charge in [-0.05, 0) is 36.6 Å². The second-order valence-corrected chi connectivity index (χ2v) is 9.16. The fourth-order valence-corrected chi connectivity index (χ4v) is 5.08. The third-order valence-corrected chi connectivity index (χ3v) is 7.03. The van der Waals surface area contributed by atoms with E-state index in [1.807, 2.05) is 61.5 Å². The molecule has 7 nitrogen and oxygen atoms in total. The lowest BCUT2D eigenvalue weighted by Gasteiger charge is -2.33. The zero-order chi connectivity index (χ0) is 24.1. The van der Waals surface area contributed by atoms with Gasteiger partial charge in [-0.1, -0.05) is 61.2 Å². The number of rotatable bonds is 9. The van der Waals surface area contributed by atoms with E-state index in [2.05, 4.69) is 4.99 Å². The Labute approximate surface area is 203 Å². The molecule has 2 aliphatic rings. The van der Waals surface area contributed by atoms with Crippen molar-refractivity contribution in [3.05, 3.63) is 77.0 Å². The Kier molecular flexibility index (Phi) is 7.70. The van der Waals surface area contributed by atoms with Gasteiger partial charge in [-0.3, -0.25) is 9.69 Å². The van der Waals surface area contributed by atoms with Crippen LogP contribution in [0.4, 0.5) is 0 Å². The largest absolute Gasteiger partial charge is 0.489 e. The summed E-state index contributed by atoms with van der Waals surface area (Å²) < 4.78 is 16.3. The highest BCUT2D eigenvalue weighted by molar-refractivity contribution is 8.15. The van der Waals surface area contributed by atoms with Crippen molar-refractivity contribution in [1.82, 2.24) is 4.90 Å². The van der Waals surface area contributed by atoms with Crippen LogP contribution in [0, 0.1) is 0 Å². The highest BCUT2D eigenvalue weighted by Gasteiger charge is 2.47. The molecule has 2 aromatic rings. The van der Waals surface area contributed by atoms with Crippen LogP contribution in [0.3, 0.4) is 0 Å². The maximum atomic E-state index is 13.2. The molecule has 2 atom stereocenters. The number of fused-ring (bicyclic) bond motifs is 1. The zero-order valence-electron chi connectivity index (χ0n) is 19.5. The van der Waals surface area contributed by atoms with E-state index in [1.165, 1.54) is 11.8 Å².